The van der Waals surface area contributed by atoms with Crippen LogP contribution in [0.3, 0.4) is 0 Å². The topological polar surface area (TPSA) is 183 Å². The fourth-order valence-electron chi connectivity index (χ4n) is 2.75. The number of hydrogen-bond donors (Lipinski definition) is 5. The minimum atomic E-state index is -1.32. The fourth-order valence-corrected chi connectivity index (χ4v) is 2.75. The zero-order chi connectivity index (χ0) is 19.7. The van der Waals surface area contributed by atoms with Gasteiger partial charge >= 0.3 is 12.0 Å². The van der Waals surface area contributed by atoms with Crippen LogP contribution in [0.2, 0.25) is 0 Å². The maximum absolute atomic E-state index is 12.1. The number of rotatable bonds is 5. The highest BCUT2D eigenvalue weighted by atomic mass is 16.6. The summed E-state index contributed by atoms with van der Waals surface area (Å²) in [4.78, 5) is 35.9. The highest BCUT2D eigenvalue weighted by molar-refractivity contribution is 5.98. The van der Waals surface area contributed by atoms with E-state index in [1.165, 1.54) is 17.9 Å². The molecule has 2 aromatic heterocycles. The summed E-state index contributed by atoms with van der Waals surface area (Å²) in [5.74, 6) is -1.09. The molecule has 0 aliphatic carbocycles. The number of amides is 2. The molecule has 0 bridgehead atoms. The number of aliphatic hydroxyl groups is 3. The number of aliphatic hydroxyl groups excluding tert-OH is 3. The lowest BCUT2D eigenvalue weighted by atomic mass is 10.1. The molecule has 3 heterocycles. The van der Waals surface area contributed by atoms with Crippen LogP contribution in [0.5, 0.6) is 0 Å². The minimum absolute atomic E-state index is 0.105. The van der Waals surface area contributed by atoms with E-state index in [9.17, 15) is 24.9 Å². The third-order valence-corrected chi connectivity index (χ3v) is 4.14. The largest absolute Gasteiger partial charge is 0.480 e. The van der Waals surface area contributed by atoms with Gasteiger partial charge in [0.05, 0.1) is 12.9 Å². The number of aliphatic carboxylic acids is 1. The number of carbonyl (C=O) groups is 2. The molecule has 27 heavy (non-hydrogen) atoms. The summed E-state index contributed by atoms with van der Waals surface area (Å²) < 4.78 is 6.81. The number of hydrogen-bond acceptors (Lipinski definition) is 9. The standard InChI is InChI=1S/C14H18N6O7/c1-19(14(26)15-2-7(22)23)11-8-12(17-4-16-11)20(5-18-8)13-10(25)9(24)6(3-21)27-13/h4-6,9-10,13,21,24-25H,2-3H2,1H3,(H,15,26)(H,22,23)/t6-,9?,10+,13-/m1/s1. The van der Waals surface area contributed by atoms with E-state index in [4.69, 9.17) is 9.84 Å². The van der Waals surface area contributed by atoms with Crippen molar-refractivity contribution in [1.82, 2.24) is 24.8 Å². The van der Waals surface area contributed by atoms with Crippen molar-refractivity contribution in [3.63, 3.8) is 0 Å². The molecule has 0 radical (unpaired) electrons. The molecule has 1 aliphatic rings. The van der Waals surface area contributed by atoms with Crippen LogP contribution >= 0.6 is 0 Å². The van der Waals surface area contributed by atoms with Gasteiger partial charge in [-0.2, -0.15) is 0 Å². The smallest absolute Gasteiger partial charge is 0.323 e. The zero-order valence-electron chi connectivity index (χ0n) is 14.1. The Labute approximate surface area is 151 Å². The number of ether oxygens (including phenoxy) is 1. The summed E-state index contributed by atoms with van der Waals surface area (Å²) in [5, 5.41) is 40.1. The molecule has 13 heteroatoms. The number of carboxylic acids is 1. The highest BCUT2D eigenvalue weighted by Crippen LogP contribution is 2.32. The van der Waals surface area contributed by atoms with Gasteiger partial charge in [-0.25, -0.2) is 19.7 Å². The molecule has 2 aromatic rings. The molecule has 1 fully saturated rings. The predicted octanol–water partition coefficient (Wildman–Crippen LogP) is -2.33. The number of nitrogens with one attached hydrogen (secondary N) is 1. The van der Waals surface area contributed by atoms with Crippen LogP contribution in [0, 0.1) is 0 Å². The van der Waals surface area contributed by atoms with Gasteiger partial charge in [-0.05, 0) is 0 Å². The van der Waals surface area contributed by atoms with Crippen molar-refractivity contribution in [2.75, 3.05) is 25.1 Å². The number of imidazole rings is 1. The molecule has 3 rings (SSSR count). The van der Waals surface area contributed by atoms with E-state index in [0.717, 1.165) is 11.2 Å². The fraction of sp³-hybridized carbons (Fsp3) is 0.500. The second-order valence-electron chi connectivity index (χ2n) is 5.86. The van der Waals surface area contributed by atoms with Crippen molar-refractivity contribution in [3.05, 3.63) is 12.7 Å². The Morgan fingerprint density at radius 2 is 2.04 bits per heavy atom. The van der Waals surface area contributed by atoms with Crippen LogP contribution in [-0.2, 0) is 9.53 Å². The Morgan fingerprint density at radius 1 is 1.30 bits per heavy atom. The Bertz CT molecular complexity index is 858. The number of fused-ring (bicyclic) bond motifs is 1. The molecule has 1 saturated heterocycles. The van der Waals surface area contributed by atoms with Crippen LogP contribution in [0.4, 0.5) is 10.6 Å². The van der Waals surface area contributed by atoms with Gasteiger partial charge in [0.1, 0.15) is 31.2 Å². The van der Waals surface area contributed by atoms with Gasteiger partial charge in [0.25, 0.3) is 0 Å². The van der Waals surface area contributed by atoms with E-state index in [2.05, 4.69) is 20.3 Å². The number of carbonyl (C=O) groups excluding carboxylic acids is 1. The van der Waals surface area contributed by atoms with Crippen molar-refractivity contribution in [3.8, 4) is 0 Å². The second kappa shape index (κ2) is 7.40. The Kier molecular flexibility index (Phi) is 5.18. The normalized spacial score (nSPS) is 24.9. The number of aromatic nitrogens is 4. The molecule has 0 saturated carbocycles. The third kappa shape index (κ3) is 3.40. The van der Waals surface area contributed by atoms with Crippen molar-refractivity contribution < 1.29 is 34.8 Å². The van der Waals surface area contributed by atoms with Crippen molar-refractivity contribution in [1.29, 1.82) is 0 Å². The van der Waals surface area contributed by atoms with Gasteiger partial charge in [0.15, 0.2) is 23.2 Å². The lowest BCUT2D eigenvalue weighted by Crippen LogP contribution is -2.40. The predicted molar refractivity (Wildman–Crippen MR) is 87.8 cm³/mol. The molecule has 2 amide bonds. The molecular weight excluding hydrogens is 364 g/mol. The minimum Gasteiger partial charge on any atom is -0.480 e. The van der Waals surface area contributed by atoms with Gasteiger partial charge in [0.2, 0.25) is 0 Å². The summed E-state index contributed by atoms with van der Waals surface area (Å²) in [7, 11) is 1.38. The molecular formula is C14H18N6O7. The van der Waals surface area contributed by atoms with Gasteiger partial charge < -0.3 is 30.5 Å². The lowest BCUT2D eigenvalue weighted by molar-refractivity contribution is -0.135. The van der Waals surface area contributed by atoms with E-state index >= 15 is 0 Å². The number of urea groups is 1. The lowest BCUT2D eigenvalue weighted by Gasteiger charge is -2.18. The second-order valence-corrected chi connectivity index (χ2v) is 5.86. The van der Waals surface area contributed by atoms with E-state index < -0.39 is 49.7 Å². The van der Waals surface area contributed by atoms with Crippen molar-refractivity contribution >= 4 is 29.0 Å². The van der Waals surface area contributed by atoms with Crippen LogP contribution in [-0.4, -0.2) is 90.5 Å². The van der Waals surface area contributed by atoms with Crippen LogP contribution in [0.1, 0.15) is 6.23 Å². The van der Waals surface area contributed by atoms with E-state index in [-0.39, 0.29) is 17.0 Å². The summed E-state index contributed by atoms with van der Waals surface area (Å²) in [6.07, 6.45) is -2.16. The average molecular weight is 382 g/mol. The Morgan fingerprint density at radius 3 is 2.67 bits per heavy atom. The Hall–Kier alpha value is -2.87. The maximum atomic E-state index is 12.1. The molecule has 1 aliphatic heterocycles. The maximum Gasteiger partial charge on any atom is 0.323 e. The van der Waals surface area contributed by atoms with E-state index in [0.29, 0.717) is 0 Å². The van der Waals surface area contributed by atoms with Crippen LogP contribution in [0.15, 0.2) is 12.7 Å². The first kappa shape index (κ1) is 18.9. The summed E-state index contributed by atoms with van der Waals surface area (Å²) in [5.41, 5.74) is 0.413. The van der Waals surface area contributed by atoms with Gasteiger partial charge in [-0.1, -0.05) is 0 Å². The molecule has 1 unspecified atom stereocenters. The molecule has 146 valence electrons. The van der Waals surface area contributed by atoms with Gasteiger partial charge in [-0.15, -0.1) is 0 Å². The van der Waals surface area contributed by atoms with Gasteiger partial charge in [-0.3, -0.25) is 14.3 Å². The monoisotopic (exact) mass is 382 g/mol. The van der Waals surface area contributed by atoms with E-state index in [1.807, 2.05) is 0 Å². The van der Waals surface area contributed by atoms with Crippen molar-refractivity contribution in [2.24, 2.45) is 0 Å². The van der Waals surface area contributed by atoms with Gasteiger partial charge in [0, 0.05) is 7.05 Å². The summed E-state index contributed by atoms with van der Waals surface area (Å²) in [6, 6.07) is -0.708. The first-order chi connectivity index (χ1) is 12.8. The van der Waals surface area contributed by atoms with Crippen LogP contribution < -0.4 is 10.2 Å². The molecule has 13 nitrogen and oxygen atoms in total. The number of anilines is 1. The first-order valence-electron chi connectivity index (χ1n) is 7.88. The summed E-state index contributed by atoms with van der Waals surface area (Å²) >= 11 is 0. The van der Waals surface area contributed by atoms with E-state index in [1.54, 1.807) is 0 Å². The molecule has 5 N–H and O–H groups in total. The zero-order valence-corrected chi connectivity index (χ0v) is 14.1. The van der Waals surface area contributed by atoms with Crippen molar-refractivity contribution in [2.45, 2.75) is 24.5 Å². The average Bonchev–Trinajstić information content (AvgIpc) is 3.20. The third-order valence-electron chi connectivity index (χ3n) is 4.14. The molecule has 4 atom stereocenters. The Balaban J connectivity index is 1.91. The number of carboxylic acid groups (broad SMARTS) is 1. The molecule has 0 spiro atoms. The number of nitrogens with zero attached hydrogens (tertiary/aromatic N) is 5. The summed E-state index contributed by atoms with van der Waals surface area (Å²) in [6.45, 7) is -1.04. The first-order valence-corrected chi connectivity index (χ1v) is 7.88. The molecule has 0 aromatic carbocycles. The van der Waals surface area contributed by atoms with Crippen LogP contribution in [0.25, 0.3) is 11.2 Å². The highest BCUT2D eigenvalue weighted by Gasteiger charge is 2.44. The SMILES string of the molecule is CN(C(=O)NCC(=O)O)c1ncnc2c1ncn2[C@@H]1O[C@H](CO)C(O)[C@@H]1O. The quantitative estimate of drug-likeness (QED) is 0.376.